The first-order valence-corrected chi connectivity index (χ1v) is 20.4. The lowest BCUT2D eigenvalue weighted by molar-refractivity contribution is 1.18. The highest BCUT2D eigenvalue weighted by atomic mass is 15.0. The monoisotopic (exact) mass is 740 g/mol. The first-order chi connectivity index (χ1) is 28.4. The van der Waals surface area contributed by atoms with Gasteiger partial charge in [-0.25, -0.2) is 0 Å². The minimum absolute atomic E-state index is 1.18. The van der Waals surface area contributed by atoms with Gasteiger partial charge in [0.2, 0.25) is 0 Å². The van der Waals surface area contributed by atoms with E-state index in [2.05, 4.69) is 207 Å². The highest BCUT2D eigenvalue weighted by Crippen LogP contribution is 2.59. The van der Waals surface area contributed by atoms with Gasteiger partial charge in [0.25, 0.3) is 0 Å². The van der Waals surface area contributed by atoms with Gasteiger partial charge in [-0.2, -0.15) is 0 Å². The van der Waals surface area contributed by atoms with E-state index in [9.17, 15) is 0 Å². The molecule has 0 aliphatic heterocycles. The van der Waals surface area contributed by atoms with Crippen LogP contribution in [0.1, 0.15) is 55.6 Å². The Kier molecular flexibility index (Phi) is 6.93. The van der Waals surface area contributed by atoms with Crippen LogP contribution in [0.25, 0.3) is 77.3 Å². The highest BCUT2D eigenvalue weighted by molar-refractivity contribution is 6.36. The average molecular weight is 741 g/mol. The molecular formula is C56H40N2. The molecule has 0 N–H and O–H groups in total. The van der Waals surface area contributed by atoms with Crippen molar-refractivity contribution in [2.24, 2.45) is 0 Å². The van der Waals surface area contributed by atoms with Crippen LogP contribution in [0.5, 0.6) is 0 Å². The molecule has 2 aliphatic carbocycles. The molecule has 274 valence electrons. The normalized spacial score (nSPS) is 13.4. The van der Waals surface area contributed by atoms with Crippen molar-refractivity contribution in [3.8, 4) is 11.4 Å². The quantitative estimate of drug-likeness (QED) is 0.170. The fourth-order valence-corrected chi connectivity index (χ4v) is 10.1. The number of hydrogen-bond acceptors (Lipinski definition) is 0. The molecule has 2 nitrogen and oxygen atoms in total. The molecule has 0 bridgehead atoms. The third-order valence-electron chi connectivity index (χ3n) is 13.0. The first-order valence-electron chi connectivity index (χ1n) is 20.4. The fraction of sp³-hybridized carbons (Fsp3) is 0.0714. The number of para-hydroxylation sites is 4. The number of aromatic nitrogens is 2. The third kappa shape index (κ3) is 4.54. The summed E-state index contributed by atoms with van der Waals surface area (Å²) in [7, 11) is 0. The maximum Gasteiger partial charge on any atom is 0.0541 e. The Bertz CT molecular complexity index is 3230. The van der Waals surface area contributed by atoms with Gasteiger partial charge in [0.15, 0.2) is 0 Å². The van der Waals surface area contributed by atoms with Crippen LogP contribution in [0.4, 0.5) is 0 Å². The Balaban J connectivity index is 1.17. The van der Waals surface area contributed by atoms with Gasteiger partial charge in [-0.05, 0) is 166 Å². The van der Waals surface area contributed by atoms with Gasteiger partial charge in [-0.15, -0.1) is 0 Å². The molecule has 0 saturated heterocycles. The molecule has 2 heterocycles. The number of allylic oxidation sites excluding steroid dienone is 2. The summed E-state index contributed by atoms with van der Waals surface area (Å²) in [5, 5.41) is 5.08. The van der Waals surface area contributed by atoms with Crippen molar-refractivity contribution in [1.29, 1.82) is 0 Å². The molecule has 58 heavy (non-hydrogen) atoms. The van der Waals surface area contributed by atoms with Crippen LogP contribution in [0.2, 0.25) is 0 Å². The number of aryl methyl sites for hydroxylation is 4. The topological polar surface area (TPSA) is 9.86 Å². The lowest BCUT2D eigenvalue weighted by Gasteiger charge is -2.15. The Labute approximate surface area is 338 Å². The van der Waals surface area contributed by atoms with Gasteiger partial charge in [0, 0.05) is 32.9 Å². The molecule has 2 aromatic heterocycles. The summed E-state index contributed by atoms with van der Waals surface area (Å²) >= 11 is 0. The van der Waals surface area contributed by atoms with E-state index < -0.39 is 0 Å². The molecule has 0 spiro atoms. The van der Waals surface area contributed by atoms with E-state index in [0.29, 0.717) is 0 Å². The lowest BCUT2D eigenvalue weighted by atomic mass is 9.88. The van der Waals surface area contributed by atoms with E-state index >= 15 is 0 Å². The number of benzene rings is 8. The summed E-state index contributed by atoms with van der Waals surface area (Å²) in [5.74, 6) is 0. The van der Waals surface area contributed by atoms with Crippen molar-refractivity contribution in [2.45, 2.75) is 27.7 Å². The fourth-order valence-electron chi connectivity index (χ4n) is 10.1. The zero-order valence-corrected chi connectivity index (χ0v) is 33.1. The molecule has 0 saturated carbocycles. The van der Waals surface area contributed by atoms with Crippen molar-refractivity contribution < 1.29 is 0 Å². The summed E-state index contributed by atoms with van der Waals surface area (Å²) in [5.41, 5.74) is 25.7. The second kappa shape index (κ2) is 12.2. The maximum atomic E-state index is 2.46. The van der Waals surface area contributed by atoms with E-state index in [4.69, 9.17) is 0 Å². The molecular weight excluding hydrogens is 701 g/mol. The zero-order valence-electron chi connectivity index (χ0n) is 33.1. The number of fused-ring (bicyclic) bond motifs is 11. The summed E-state index contributed by atoms with van der Waals surface area (Å²) in [6.45, 7) is 9.05. The van der Waals surface area contributed by atoms with Crippen molar-refractivity contribution in [3.63, 3.8) is 0 Å². The molecule has 2 aliphatic rings. The summed E-state index contributed by atoms with van der Waals surface area (Å²) in [6.07, 6.45) is 0. The van der Waals surface area contributed by atoms with Crippen molar-refractivity contribution in [2.75, 3.05) is 0 Å². The van der Waals surface area contributed by atoms with Crippen LogP contribution in [-0.2, 0) is 0 Å². The molecule has 0 fully saturated rings. The Morgan fingerprint density at radius 2 is 0.603 bits per heavy atom. The van der Waals surface area contributed by atoms with Crippen LogP contribution >= 0.6 is 0 Å². The van der Waals surface area contributed by atoms with E-state index in [1.54, 1.807) is 0 Å². The predicted molar refractivity (Wildman–Crippen MR) is 245 cm³/mol. The van der Waals surface area contributed by atoms with Crippen LogP contribution in [-0.4, -0.2) is 9.13 Å². The van der Waals surface area contributed by atoms with Crippen molar-refractivity contribution >= 4 is 65.9 Å². The van der Waals surface area contributed by atoms with Crippen molar-refractivity contribution in [1.82, 2.24) is 9.13 Å². The number of nitrogens with zero attached hydrogens (tertiary/aromatic N) is 2. The Morgan fingerprint density at radius 3 is 1.00 bits per heavy atom. The van der Waals surface area contributed by atoms with Gasteiger partial charge in [0.05, 0.1) is 22.1 Å². The van der Waals surface area contributed by atoms with Gasteiger partial charge < -0.3 is 9.13 Å². The van der Waals surface area contributed by atoms with Crippen LogP contribution < -0.4 is 0 Å². The molecule has 10 aromatic rings. The molecule has 0 radical (unpaired) electrons. The third-order valence-corrected chi connectivity index (χ3v) is 13.0. The maximum absolute atomic E-state index is 2.46. The molecule has 2 heteroatoms. The number of rotatable bonds is 4. The Hall–Kier alpha value is -7.16. The minimum atomic E-state index is 1.18. The SMILES string of the molecule is Cc1cc2c(cc1C)C(c1ccc3c(c1)c1ccccc1n3-c1ccccc1)=C1C2=C(c2ccc3c(c2)c2ccccc2n3-c2ccccc2)c2cc(C)c(C)cc21. The van der Waals surface area contributed by atoms with Crippen LogP contribution in [0.15, 0.2) is 170 Å². The van der Waals surface area contributed by atoms with Crippen LogP contribution in [0.3, 0.4) is 0 Å². The average Bonchev–Trinajstić information content (AvgIpc) is 3.96. The number of hydrogen-bond donors (Lipinski definition) is 0. The van der Waals surface area contributed by atoms with E-state index in [-0.39, 0.29) is 0 Å². The minimum Gasteiger partial charge on any atom is -0.309 e. The van der Waals surface area contributed by atoms with Gasteiger partial charge in [-0.1, -0.05) is 109 Å². The summed E-state index contributed by atoms with van der Waals surface area (Å²) < 4.78 is 4.82. The first kappa shape index (κ1) is 33.0. The molecule has 12 rings (SSSR count). The predicted octanol–water partition coefficient (Wildman–Crippen LogP) is 14.4. The van der Waals surface area contributed by atoms with Gasteiger partial charge in [0.1, 0.15) is 0 Å². The second-order valence-corrected chi connectivity index (χ2v) is 16.3. The van der Waals surface area contributed by atoms with Gasteiger partial charge >= 0.3 is 0 Å². The largest absolute Gasteiger partial charge is 0.309 e. The standard InChI is InChI=1S/C56H40N2/c1-33-27-45-47(29-35(33)3)55-54(38-24-26-52-44(32-38)42-20-12-14-22-50(42)58(52)40-17-9-6-10-18-40)46-28-34(2)36(4)30-48(46)56(55)53(45)37-23-25-51-43(31-37)41-19-11-13-21-49(41)57(51)39-15-7-5-8-16-39/h5-32H,1-4H3. The second-order valence-electron chi connectivity index (χ2n) is 16.3. The summed E-state index contributed by atoms with van der Waals surface area (Å²) in [6, 6.07) is 63.4. The lowest BCUT2D eigenvalue weighted by Crippen LogP contribution is -1.97. The van der Waals surface area contributed by atoms with Gasteiger partial charge in [-0.3, -0.25) is 0 Å². The van der Waals surface area contributed by atoms with Crippen molar-refractivity contribution in [3.05, 3.63) is 225 Å². The van der Waals surface area contributed by atoms with E-state index in [1.165, 1.54) is 133 Å². The smallest absolute Gasteiger partial charge is 0.0541 e. The van der Waals surface area contributed by atoms with E-state index in [0.717, 1.165) is 0 Å². The molecule has 0 unspecified atom stereocenters. The molecule has 0 amide bonds. The molecule has 0 atom stereocenters. The summed E-state index contributed by atoms with van der Waals surface area (Å²) in [4.78, 5) is 0. The van der Waals surface area contributed by atoms with E-state index in [1.807, 2.05) is 0 Å². The molecule has 8 aromatic carbocycles. The Morgan fingerprint density at radius 1 is 0.276 bits per heavy atom. The highest BCUT2D eigenvalue weighted by Gasteiger charge is 2.38. The zero-order chi connectivity index (χ0) is 38.8. The van der Waals surface area contributed by atoms with Crippen LogP contribution in [0, 0.1) is 27.7 Å².